The topological polar surface area (TPSA) is 70.7 Å². The molecule has 6 rings (SSSR count). The predicted molar refractivity (Wildman–Crippen MR) is 130 cm³/mol. The minimum atomic E-state index is -0.943. The van der Waals surface area contributed by atoms with E-state index in [-0.39, 0.29) is 23.7 Å². The minimum absolute atomic E-state index is 0.0270. The van der Waals surface area contributed by atoms with E-state index in [1.807, 2.05) is 35.2 Å². The highest BCUT2D eigenvalue weighted by atomic mass is 19.1. The van der Waals surface area contributed by atoms with Gasteiger partial charge in [-0.1, -0.05) is 43.2 Å². The summed E-state index contributed by atoms with van der Waals surface area (Å²) in [6, 6.07) is 15.9. The van der Waals surface area contributed by atoms with Crippen molar-refractivity contribution >= 4 is 11.4 Å². The number of carbonyl (C=O) groups is 1. The molecule has 178 valence electrons. The summed E-state index contributed by atoms with van der Waals surface area (Å²) >= 11 is 0. The number of amides is 1. The van der Waals surface area contributed by atoms with Gasteiger partial charge in [0, 0.05) is 36.5 Å². The number of carbonyl (C=O) groups excluding carboxylic acids is 1. The van der Waals surface area contributed by atoms with Crippen molar-refractivity contribution in [2.45, 2.75) is 43.7 Å². The summed E-state index contributed by atoms with van der Waals surface area (Å²) in [4.78, 5) is 24.9. The van der Waals surface area contributed by atoms with E-state index in [4.69, 9.17) is 4.98 Å². The average Bonchev–Trinajstić information content (AvgIpc) is 3.29. The first kappa shape index (κ1) is 21.9. The summed E-state index contributed by atoms with van der Waals surface area (Å²) in [7, 11) is 0. The molecule has 7 heteroatoms. The highest BCUT2D eigenvalue weighted by Gasteiger charge is 2.50. The van der Waals surface area contributed by atoms with E-state index in [0.29, 0.717) is 30.0 Å². The van der Waals surface area contributed by atoms with E-state index >= 15 is 0 Å². The fourth-order valence-corrected chi connectivity index (χ4v) is 6.06. The summed E-state index contributed by atoms with van der Waals surface area (Å²) in [6.45, 7) is 0.456. The van der Waals surface area contributed by atoms with Crippen molar-refractivity contribution in [1.82, 2.24) is 19.3 Å². The van der Waals surface area contributed by atoms with Crippen LogP contribution in [0, 0.1) is 11.7 Å². The van der Waals surface area contributed by atoms with Crippen molar-refractivity contribution in [2.75, 3.05) is 6.54 Å². The molecule has 1 aliphatic heterocycles. The number of imidazole rings is 1. The maximum absolute atomic E-state index is 14.0. The second-order valence-electron chi connectivity index (χ2n) is 9.62. The molecule has 3 heterocycles. The summed E-state index contributed by atoms with van der Waals surface area (Å²) < 4.78 is 15.3. The zero-order chi connectivity index (χ0) is 24.0. The Bertz CT molecular complexity index is 1370. The number of hydrogen-bond donors (Lipinski definition) is 1. The van der Waals surface area contributed by atoms with Crippen LogP contribution in [-0.2, 0) is 5.60 Å². The van der Waals surface area contributed by atoms with Gasteiger partial charge in [0.2, 0.25) is 5.82 Å². The number of likely N-dealkylation sites (tertiary alicyclic amines) is 1. The summed E-state index contributed by atoms with van der Waals surface area (Å²) in [5.74, 6) is -0.183. The third-order valence-corrected chi connectivity index (χ3v) is 7.77. The number of piperidine rings is 1. The van der Waals surface area contributed by atoms with Crippen LogP contribution in [0.3, 0.4) is 0 Å². The molecule has 0 unspecified atom stereocenters. The first-order chi connectivity index (χ1) is 17.1. The van der Waals surface area contributed by atoms with Crippen LogP contribution >= 0.6 is 0 Å². The molecular weight excluding hydrogens is 443 g/mol. The molecule has 0 radical (unpaired) electrons. The number of benzene rings is 2. The van der Waals surface area contributed by atoms with Gasteiger partial charge in [0.1, 0.15) is 5.82 Å². The van der Waals surface area contributed by atoms with Crippen LogP contribution in [-0.4, -0.2) is 42.9 Å². The minimum Gasteiger partial charge on any atom is -0.385 e. The zero-order valence-corrected chi connectivity index (χ0v) is 19.3. The van der Waals surface area contributed by atoms with Gasteiger partial charge in [0.05, 0.1) is 23.0 Å². The summed E-state index contributed by atoms with van der Waals surface area (Å²) in [5.41, 5.74) is 2.00. The molecule has 1 aliphatic carbocycles. The normalized spacial score (nSPS) is 24.3. The summed E-state index contributed by atoms with van der Waals surface area (Å²) in [5, 5.41) is 11.9. The molecule has 1 amide bonds. The zero-order valence-electron chi connectivity index (χ0n) is 19.3. The van der Waals surface area contributed by atoms with Crippen LogP contribution < -0.4 is 0 Å². The first-order valence-electron chi connectivity index (χ1n) is 12.2. The largest absolute Gasteiger partial charge is 0.385 e. The van der Waals surface area contributed by atoms with Crippen LogP contribution in [0.1, 0.15) is 48.3 Å². The van der Waals surface area contributed by atoms with E-state index in [9.17, 15) is 14.3 Å². The highest BCUT2D eigenvalue weighted by molar-refractivity contribution is 5.94. The monoisotopic (exact) mass is 470 g/mol. The van der Waals surface area contributed by atoms with Gasteiger partial charge in [0.15, 0.2) is 0 Å². The van der Waals surface area contributed by atoms with E-state index in [1.54, 1.807) is 35.1 Å². The van der Waals surface area contributed by atoms with Crippen LogP contribution in [0.15, 0.2) is 73.2 Å². The number of rotatable bonds is 3. The molecule has 35 heavy (non-hydrogen) atoms. The Morgan fingerprint density at radius 3 is 2.63 bits per heavy atom. The molecule has 1 saturated carbocycles. The van der Waals surface area contributed by atoms with E-state index < -0.39 is 5.60 Å². The Balaban J connectivity index is 1.39. The number of fused-ring (bicyclic) bond motifs is 2. The maximum atomic E-state index is 14.0. The molecule has 0 bridgehead atoms. The Morgan fingerprint density at radius 1 is 1.06 bits per heavy atom. The Kier molecular flexibility index (Phi) is 5.37. The lowest BCUT2D eigenvalue weighted by atomic mass is 9.66. The smallest absolute Gasteiger partial charge is 0.290 e. The molecule has 4 aromatic rings. The van der Waals surface area contributed by atoms with Crippen molar-refractivity contribution in [3.63, 3.8) is 0 Å². The third kappa shape index (κ3) is 3.62. The lowest BCUT2D eigenvalue weighted by molar-refractivity contribution is -0.110. The molecule has 2 aromatic carbocycles. The Hall–Kier alpha value is -3.58. The van der Waals surface area contributed by atoms with Gasteiger partial charge in [-0.25, -0.2) is 9.37 Å². The van der Waals surface area contributed by atoms with Crippen LogP contribution in [0.25, 0.3) is 16.8 Å². The van der Waals surface area contributed by atoms with Gasteiger partial charge in [-0.15, -0.1) is 0 Å². The van der Waals surface area contributed by atoms with Crippen molar-refractivity contribution < 1.29 is 14.3 Å². The third-order valence-electron chi connectivity index (χ3n) is 7.77. The van der Waals surface area contributed by atoms with Crippen LogP contribution in [0.2, 0.25) is 0 Å². The standard InChI is InChI=1S/C28H27FN4O2/c29-21-12-10-19(11-13-21)25-24-18-30-15-17-32(24)26(31-25)27(34)33-16-14-28(35,20-6-2-1-3-7-20)22-8-4-5-9-23(22)33/h1-3,6-7,10-13,15,17-18,22-23,35H,4-5,8-9,14,16H2/t22-,23+,28-/m0/s1. The molecule has 1 N–H and O–H groups in total. The number of aromatic nitrogens is 3. The van der Waals surface area contributed by atoms with Crippen molar-refractivity contribution in [1.29, 1.82) is 0 Å². The van der Waals surface area contributed by atoms with Crippen molar-refractivity contribution in [2.24, 2.45) is 5.92 Å². The fraction of sp³-hybridized carbons (Fsp3) is 0.321. The Labute approximate surface area is 203 Å². The number of halogens is 1. The van der Waals surface area contributed by atoms with Gasteiger partial charge < -0.3 is 10.0 Å². The lowest BCUT2D eigenvalue weighted by Crippen LogP contribution is -2.59. The molecule has 2 aliphatic rings. The van der Waals surface area contributed by atoms with Gasteiger partial charge in [-0.05, 0) is 49.1 Å². The molecule has 0 spiro atoms. The van der Waals surface area contributed by atoms with Gasteiger partial charge in [-0.2, -0.15) is 0 Å². The molecule has 1 saturated heterocycles. The van der Waals surface area contributed by atoms with Crippen molar-refractivity contribution in [3.8, 4) is 11.3 Å². The maximum Gasteiger partial charge on any atom is 0.290 e. The SMILES string of the molecule is O=C(c1nc(-c2ccc(F)cc2)c2cnccn12)N1CC[C@](O)(c2ccccc2)[C@H]2CCCC[C@H]21. The van der Waals surface area contributed by atoms with Crippen LogP contribution in [0.5, 0.6) is 0 Å². The molecule has 2 fully saturated rings. The second-order valence-corrected chi connectivity index (χ2v) is 9.62. The molecule has 6 nitrogen and oxygen atoms in total. The number of aliphatic hydroxyl groups is 1. The number of hydrogen-bond acceptors (Lipinski definition) is 4. The Morgan fingerprint density at radius 2 is 1.83 bits per heavy atom. The van der Waals surface area contributed by atoms with Crippen LogP contribution in [0.4, 0.5) is 4.39 Å². The lowest BCUT2D eigenvalue weighted by Gasteiger charge is -2.52. The van der Waals surface area contributed by atoms with E-state index in [2.05, 4.69) is 4.98 Å². The van der Waals surface area contributed by atoms with E-state index in [0.717, 1.165) is 36.8 Å². The predicted octanol–water partition coefficient (Wildman–Crippen LogP) is 4.83. The first-order valence-corrected chi connectivity index (χ1v) is 12.2. The quantitative estimate of drug-likeness (QED) is 0.466. The molecule has 3 atom stereocenters. The van der Waals surface area contributed by atoms with E-state index in [1.165, 1.54) is 12.1 Å². The highest BCUT2D eigenvalue weighted by Crippen LogP contribution is 2.47. The van der Waals surface area contributed by atoms with Crippen molar-refractivity contribution in [3.05, 3.63) is 90.4 Å². The van der Waals surface area contributed by atoms with Gasteiger partial charge in [0.25, 0.3) is 5.91 Å². The molecular formula is C28H27FN4O2. The van der Waals surface area contributed by atoms with Gasteiger partial charge >= 0.3 is 0 Å². The number of nitrogens with zero attached hydrogens (tertiary/aromatic N) is 4. The molecule has 2 aromatic heterocycles. The summed E-state index contributed by atoms with van der Waals surface area (Å²) in [6.07, 6.45) is 9.36. The van der Waals surface area contributed by atoms with Gasteiger partial charge in [-0.3, -0.25) is 14.2 Å². The second kappa shape index (κ2) is 8.57. The fourth-order valence-electron chi connectivity index (χ4n) is 6.06. The average molecular weight is 471 g/mol.